The van der Waals surface area contributed by atoms with Gasteiger partial charge in [-0.3, -0.25) is 0 Å². The quantitative estimate of drug-likeness (QED) is 0.419. The van der Waals surface area contributed by atoms with Crippen LogP contribution in [0.5, 0.6) is 0 Å². The Kier molecular flexibility index (Phi) is 5.17. The SMILES string of the molecule is OC(c1ccccc1)(C1Cc2ccccc2C1)C(O)(c1ccccc1)C1Cc2ccccc2C1. The molecule has 0 heterocycles. The molecule has 2 unspecified atom stereocenters. The van der Waals surface area contributed by atoms with E-state index in [0.29, 0.717) is 0 Å². The van der Waals surface area contributed by atoms with Gasteiger partial charge in [-0.15, -0.1) is 0 Å². The second-order valence-corrected chi connectivity index (χ2v) is 10.0. The number of benzene rings is 4. The van der Waals surface area contributed by atoms with E-state index in [2.05, 4.69) is 48.5 Å². The van der Waals surface area contributed by atoms with Gasteiger partial charge in [0.1, 0.15) is 11.2 Å². The maximum Gasteiger partial charge on any atom is 0.126 e. The van der Waals surface area contributed by atoms with Gasteiger partial charge in [0.05, 0.1) is 0 Å². The van der Waals surface area contributed by atoms with Gasteiger partial charge >= 0.3 is 0 Å². The normalized spacial score (nSPS) is 19.2. The van der Waals surface area contributed by atoms with Crippen LogP contribution in [0.25, 0.3) is 0 Å². The maximum absolute atomic E-state index is 13.0. The first-order chi connectivity index (χ1) is 16.6. The molecule has 0 bridgehead atoms. The zero-order chi connectivity index (χ0) is 23.2. The largest absolute Gasteiger partial charge is 0.381 e. The molecule has 2 aliphatic rings. The van der Waals surface area contributed by atoms with Gasteiger partial charge in [0.25, 0.3) is 0 Å². The predicted octanol–water partition coefficient (Wildman–Crippen LogP) is 5.59. The molecule has 0 spiro atoms. The molecule has 0 saturated heterocycles. The van der Waals surface area contributed by atoms with Crippen LogP contribution in [-0.4, -0.2) is 10.2 Å². The van der Waals surface area contributed by atoms with Crippen LogP contribution in [0.2, 0.25) is 0 Å². The summed E-state index contributed by atoms with van der Waals surface area (Å²) in [4.78, 5) is 0. The molecule has 2 aliphatic carbocycles. The second-order valence-electron chi connectivity index (χ2n) is 10.0. The van der Waals surface area contributed by atoms with E-state index in [4.69, 9.17) is 0 Å². The molecule has 34 heavy (non-hydrogen) atoms. The van der Waals surface area contributed by atoms with Crippen molar-refractivity contribution in [3.8, 4) is 0 Å². The van der Waals surface area contributed by atoms with Crippen LogP contribution in [0.1, 0.15) is 33.4 Å². The molecule has 4 aromatic carbocycles. The van der Waals surface area contributed by atoms with E-state index in [1.165, 1.54) is 22.3 Å². The fourth-order valence-electron chi connectivity index (χ4n) is 6.63. The van der Waals surface area contributed by atoms with E-state index in [9.17, 15) is 10.2 Å². The van der Waals surface area contributed by atoms with Crippen molar-refractivity contribution in [3.05, 3.63) is 143 Å². The average Bonchev–Trinajstić information content (AvgIpc) is 3.54. The van der Waals surface area contributed by atoms with Crippen molar-refractivity contribution in [2.75, 3.05) is 0 Å². The smallest absolute Gasteiger partial charge is 0.126 e. The first-order valence-corrected chi connectivity index (χ1v) is 12.3. The van der Waals surface area contributed by atoms with Crippen molar-refractivity contribution < 1.29 is 10.2 Å². The predicted molar refractivity (Wildman–Crippen MR) is 135 cm³/mol. The molecule has 2 heteroatoms. The fourth-order valence-corrected chi connectivity index (χ4v) is 6.63. The Morgan fingerprint density at radius 1 is 0.412 bits per heavy atom. The molecule has 6 rings (SSSR count). The number of rotatable bonds is 5. The summed E-state index contributed by atoms with van der Waals surface area (Å²) in [6.07, 6.45) is 2.99. The number of hydrogen-bond donors (Lipinski definition) is 2. The summed E-state index contributed by atoms with van der Waals surface area (Å²) in [5.74, 6) is -0.276. The van der Waals surface area contributed by atoms with E-state index in [1.54, 1.807) is 0 Å². The second kappa shape index (κ2) is 8.23. The Morgan fingerprint density at radius 2 is 0.676 bits per heavy atom. The Labute approximate surface area is 201 Å². The highest BCUT2D eigenvalue weighted by atomic mass is 16.4. The molecule has 0 saturated carbocycles. The highest BCUT2D eigenvalue weighted by molar-refractivity contribution is 5.43. The Morgan fingerprint density at radius 3 is 0.971 bits per heavy atom. The first-order valence-electron chi connectivity index (χ1n) is 12.3. The van der Waals surface area contributed by atoms with Crippen LogP contribution >= 0.6 is 0 Å². The molecule has 4 aromatic rings. The lowest BCUT2D eigenvalue weighted by atomic mass is 9.60. The Balaban J connectivity index is 1.55. The van der Waals surface area contributed by atoms with Gasteiger partial charge < -0.3 is 10.2 Å². The first kappa shape index (κ1) is 21.3. The van der Waals surface area contributed by atoms with Crippen LogP contribution in [-0.2, 0) is 36.9 Å². The van der Waals surface area contributed by atoms with Crippen molar-refractivity contribution in [3.63, 3.8) is 0 Å². The summed E-state index contributed by atoms with van der Waals surface area (Å²) in [7, 11) is 0. The molecular weight excluding hydrogens is 416 g/mol. The third-order valence-electron chi connectivity index (χ3n) is 8.29. The summed E-state index contributed by atoms with van der Waals surface area (Å²) in [5, 5.41) is 26.0. The molecule has 2 atom stereocenters. The lowest BCUT2D eigenvalue weighted by Crippen LogP contribution is -2.58. The van der Waals surface area contributed by atoms with E-state index in [1.807, 2.05) is 60.7 Å². The number of aliphatic hydroxyl groups is 2. The Hall–Kier alpha value is -3.20. The molecular formula is C32H30O2. The van der Waals surface area contributed by atoms with Crippen LogP contribution in [0.3, 0.4) is 0 Å². The molecule has 0 radical (unpaired) electrons. The fraction of sp³-hybridized carbons (Fsp3) is 0.250. The standard InChI is InChI=1S/C32H30O2/c33-31(27-15-3-1-4-16-27,29-19-23-11-7-8-12-24(23)20-29)32(34,28-17-5-2-6-18-28)30-21-25-13-9-10-14-26(25)22-30/h1-18,29-30,33-34H,19-22H2. The lowest BCUT2D eigenvalue weighted by Gasteiger charge is -2.51. The van der Waals surface area contributed by atoms with Gasteiger partial charge in [-0.1, -0.05) is 109 Å². The van der Waals surface area contributed by atoms with Crippen LogP contribution in [0.15, 0.2) is 109 Å². The molecule has 170 valence electrons. The van der Waals surface area contributed by atoms with Crippen LogP contribution in [0.4, 0.5) is 0 Å². The van der Waals surface area contributed by atoms with E-state index >= 15 is 0 Å². The van der Waals surface area contributed by atoms with Crippen molar-refractivity contribution >= 4 is 0 Å². The van der Waals surface area contributed by atoms with Gasteiger partial charge in [0, 0.05) is 11.8 Å². The molecule has 2 N–H and O–H groups in total. The molecule has 0 fully saturated rings. The minimum absolute atomic E-state index is 0.138. The molecule has 0 aromatic heterocycles. The van der Waals surface area contributed by atoms with Gasteiger partial charge in [0.15, 0.2) is 0 Å². The summed E-state index contributed by atoms with van der Waals surface area (Å²) < 4.78 is 0. The highest BCUT2D eigenvalue weighted by Gasteiger charge is 2.61. The van der Waals surface area contributed by atoms with E-state index in [0.717, 1.165) is 36.8 Å². The molecule has 0 aliphatic heterocycles. The topological polar surface area (TPSA) is 40.5 Å². The summed E-state index contributed by atoms with van der Waals surface area (Å²) >= 11 is 0. The number of hydrogen-bond acceptors (Lipinski definition) is 2. The summed E-state index contributed by atoms with van der Waals surface area (Å²) in [5.41, 5.74) is 3.74. The lowest BCUT2D eigenvalue weighted by molar-refractivity contribution is -0.220. The number of fused-ring (bicyclic) bond motifs is 2. The third kappa shape index (κ3) is 3.17. The van der Waals surface area contributed by atoms with Crippen LogP contribution in [0, 0.1) is 11.8 Å². The van der Waals surface area contributed by atoms with Gasteiger partial charge in [-0.05, 0) is 59.1 Å². The zero-order valence-electron chi connectivity index (χ0n) is 19.3. The van der Waals surface area contributed by atoms with Crippen molar-refractivity contribution in [1.82, 2.24) is 0 Å². The zero-order valence-corrected chi connectivity index (χ0v) is 19.3. The third-order valence-corrected chi connectivity index (χ3v) is 8.29. The average molecular weight is 447 g/mol. The summed E-state index contributed by atoms with van der Waals surface area (Å²) in [6.45, 7) is 0. The van der Waals surface area contributed by atoms with E-state index < -0.39 is 11.2 Å². The molecule has 0 amide bonds. The van der Waals surface area contributed by atoms with Crippen LogP contribution < -0.4 is 0 Å². The maximum atomic E-state index is 13.0. The Bertz CT molecular complexity index is 1150. The van der Waals surface area contributed by atoms with Gasteiger partial charge in [-0.25, -0.2) is 0 Å². The van der Waals surface area contributed by atoms with E-state index in [-0.39, 0.29) is 11.8 Å². The van der Waals surface area contributed by atoms with Gasteiger partial charge in [-0.2, -0.15) is 0 Å². The highest BCUT2D eigenvalue weighted by Crippen LogP contribution is 2.55. The van der Waals surface area contributed by atoms with Crippen molar-refractivity contribution in [1.29, 1.82) is 0 Å². The summed E-state index contributed by atoms with van der Waals surface area (Å²) in [6, 6.07) is 36.7. The monoisotopic (exact) mass is 446 g/mol. The van der Waals surface area contributed by atoms with Crippen molar-refractivity contribution in [2.45, 2.75) is 36.9 Å². The van der Waals surface area contributed by atoms with Gasteiger partial charge in [0.2, 0.25) is 0 Å². The molecule has 2 nitrogen and oxygen atoms in total. The van der Waals surface area contributed by atoms with Crippen molar-refractivity contribution in [2.24, 2.45) is 11.8 Å². The minimum atomic E-state index is -1.46. The minimum Gasteiger partial charge on any atom is -0.381 e.